The Balaban J connectivity index is 2.94. The second-order valence-electron chi connectivity index (χ2n) is 5.51. The van der Waals surface area contributed by atoms with E-state index in [-0.39, 0.29) is 5.91 Å². The monoisotopic (exact) mass is 277 g/mol. The van der Waals surface area contributed by atoms with Gasteiger partial charge in [0.25, 0.3) is 5.91 Å². The lowest BCUT2D eigenvalue weighted by Crippen LogP contribution is -2.26. The lowest BCUT2D eigenvalue weighted by molar-refractivity contribution is 0.0827. The van der Waals surface area contributed by atoms with Crippen LogP contribution in [0.1, 0.15) is 44.0 Å². The van der Waals surface area contributed by atoms with E-state index in [1.807, 2.05) is 6.07 Å². The number of carbonyl (C=O) groups is 1. The second-order valence-corrected chi connectivity index (χ2v) is 5.51. The van der Waals surface area contributed by atoms with Crippen LogP contribution in [0.3, 0.4) is 0 Å². The number of rotatable bonds is 6. The molecule has 112 valence electrons. The van der Waals surface area contributed by atoms with Gasteiger partial charge in [-0.1, -0.05) is 26.7 Å². The van der Waals surface area contributed by atoms with Gasteiger partial charge >= 0.3 is 0 Å². The SMILES string of the molecule is CCC(CC)C(C)Nc1cc(C(=O)N(C)C)ccc1N. The first-order chi connectivity index (χ1) is 9.40. The first kappa shape index (κ1) is 16.3. The molecule has 0 saturated carbocycles. The average molecular weight is 277 g/mol. The Morgan fingerprint density at radius 3 is 2.40 bits per heavy atom. The van der Waals surface area contributed by atoms with E-state index in [1.165, 1.54) is 0 Å². The maximum Gasteiger partial charge on any atom is 0.253 e. The van der Waals surface area contributed by atoms with E-state index in [0.717, 1.165) is 18.5 Å². The largest absolute Gasteiger partial charge is 0.397 e. The molecule has 1 aromatic rings. The zero-order chi connectivity index (χ0) is 15.3. The summed E-state index contributed by atoms with van der Waals surface area (Å²) in [6.07, 6.45) is 2.25. The zero-order valence-corrected chi connectivity index (χ0v) is 13.2. The molecule has 0 aliphatic carbocycles. The van der Waals surface area contributed by atoms with Crippen LogP contribution < -0.4 is 11.1 Å². The topological polar surface area (TPSA) is 58.4 Å². The summed E-state index contributed by atoms with van der Waals surface area (Å²) in [5.41, 5.74) is 8.19. The molecule has 0 aromatic heterocycles. The Bertz CT molecular complexity index is 453. The highest BCUT2D eigenvalue weighted by atomic mass is 16.2. The molecule has 20 heavy (non-hydrogen) atoms. The predicted octanol–water partition coefficient (Wildman–Crippen LogP) is 3.21. The lowest BCUT2D eigenvalue weighted by atomic mass is 9.95. The third-order valence-electron chi connectivity index (χ3n) is 3.85. The Labute approximate surface area is 122 Å². The van der Waals surface area contributed by atoms with E-state index in [1.54, 1.807) is 31.1 Å². The number of nitrogens with one attached hydrogen (secondary N) is 1. The number of nitrogens with zero attached hydrogens (tertiary/aromatic N) is 1. The van der Waals surface area contributed by atoms with Crippen LogP contribution in [0.15, 0.2) is 18.2 Å². The number of carbonyl (C=O) groups excluding carboxylic acids is 1. The minimum absolute atomic E-state index is 0.0109. The Hall–Kier alpha value is -1.71. The molecule has 1 rings (SSSR count). The van der Waals surface area contributed by atoms with Gasteiger partial charge in [0.15, 0.2) is 0 Å². The predicted molar refractivity (Wildman–Crippen MR) is 86.0 cm³/mol. The Kier molecular flexibility index (Phi) is 5.86. The van der Waals surface area contributed by atoms with Gasteiger partial charge in [-0.3, -0.25) is 4.79 Å². The van der Waals surface area contributed by atoms with Crippen molar-refractivity contribution in [2.45, 2.75) is 39.7 Å². The molecule has 1 unspecified atom stereocenters. The third-order valence-corrected chi connectivity index (χ3v) is 3.85. The lowest BCUT2D eigenvalue weighted by Gasteiger charge is -2.24. The average Bonchev–Trinajstić information content (AvgIpc) is 2.41. The van der Waals surface area contributed by atoms with Gasteiger partial charge < -0.3 is 16.0 Å². The van der Waals surface area contributed by atoms with E-state index in [2.05, 4.69) is 26.1 Å². The molecule has 0 radical (unpaired) electrons. The van der Waals surface area contributed by atoms with Crippen molar-refractivity contribution in [3.63, 3.8) is 0 Å². The minimum Gasteiger partial charge on any atom is -0.397 e. The molecule has 0 saturated heterocycles. The summed E-state index contributed by atoms with van der Waals surface area (Å²) in [5.74, 6) is 0.589. The van der Waals surface area contributed by atoms with Crippen molar-refractivity contribution in [1.82, 2.24) is 4.90 Å². The van der Waals surface area contributed by atoms with E-state index in [4.69, 9.17) is 5.73 Å². The fraction of sp³-hybridized carbons (Fsp3) is 0.562. The summed E-state index contributed by atoms with van der Waals surface area (Å²) >= 11 is 0. The van der Waals surface area contributed by atoms with E-state index < -0.39 is 0 Å². The highest BCUT2D eigenvalue weighted by Gasteiger charge is 2.16. The smallest absolute Gasteiger partial charge is 0.253 e. The highest BCUT2D eigenvalue weighted by molar-refractivity contribution is 5.95. The second kappa shape index (κ2) is 7.17. The quantitative estimate of drug-likeness (QED) is 0.785. The summed E-state index contributed by atoms with van der Waals surface area (Å²) in [7, 11) is 3.50. The first-order valence-electron chi connectivity index (χ1n) is 7.28. The van der Waals surface area contributed by atoms with E-state index >= 15 is 0 Å². The minimum atomic E-state index is -0.0109. The number of amides is 1. The van der Waals surface area contributed by atoms with Gasteiger partial charge in [0.1, 0.15) is 0 Å². The van der Waals surface area contributed by atoms with Crippen molar-refractivity contribution in [2.75, 3.05) is 25.1 Å². The summed E-state index contributed by atoms with van der Waals surface area (Å²) in [5, 5.41) is 3.45. The van der Waals surface area contributed by atoms with Gasteiger partial charge in [0, 0.05) is 25.7 Å². The van der Waals surface area contributed by atoms with Crippen LogP contribution >= 0.6 is 0 Å². The normalized spacial score (nSPS) is 12.3. The molecule has 0 bridgehead atoms. The summed E-state index contributed by atoms with van der Waals surface area (Å²) < 4.78 is 0. The molecule has 0 spiro atoms. The van der Waals surface area contributed by atoms with Crippen molar-refractivity contribution in [1.29, 1.82) is 0 Å². The van der Waals surface area contributed by atoms with Gasteiger partial charge in [-0.15, -0.1) is 0 Å². The van der Waals surface area contributed by atoms with Crippen molar-refractivity contribution in [3.8, 4) is 0 Å². The number of benzene rings is 1. The Morgan fingerprint density at radius 2 is 1.90 bits per heavy atom. The van der Waals surface area contributed by atoms with Crippen molar-refractivity contribution in [2.24, 2.45) is 5.92 Å². The van der Waals surface area contributed by atoms with Crippen LogP contribution in [-0.2, 0) is 0 Å². The molecule has 0 aliphatic heterocycles. The fourth-order valence-corrected chi connectivity index (χ4v) is 2.43. The van der Waals surface area contributed by atoms with Gasteiger partial charge in [0.05, 0.1) is 11.4 Å². The van der Waals surface area contributed by atoms with Crippen LogP contribution in [0.4, 0.5) is 11.4 Å². The molecule has 4 heteroatoms. The summed E-state index contributed by atoms with van der Waals surface area (Å²) in [6.45, 7) is 6.56. The van der Waals surface area contributed by atoms with Crippen LogP contribution in [0.25, 0.3) is 0 Å². The zero-order valence-electron chi connectivity index (χ0n) is 13.2. The molecular formula is C16H27N3O. The van der Waals surface area contributed by atoms with E-state index in [9.17, 15) is 4.79 Å². The fourth-order valence-electron chi connectivity index (χ4n) is 2.43. The van der Waals surface area contributed by atoms with Gasteiger partial charge in [-0.05, 0) is 31.0 Å². The number of nitrogen functional groups attached to an aromatic ring is 1. The molecule has 0 fully saturated rings. The Morgan fingerprint density at radius 1 is 1.30 bits per heavy atom. The molecule has 3 N–H and O–H groups in total. The van der Waals surface area contributed by atoms with Crippen LogP contribution in [0.2, 0.25) is 0 Å². The number of hydrogen-bond acceptors (Lipinski definition) is 3. The summed E-state index contributed by atoms with van der Waals surface area (Å²) in [4.78, 5) is 13.6. The van der Waals surface area contributed by atoms with Crippen LogP contribution in [0.5, 0.6) is 0 Å². The van der Waals surface area contributed by atoms with Gasteiger partial charge in [-0.25, -0.2) is 0 Å². The molecule has 1 aromatic carbocycles. The molecule has 0 heterocycles. The van der Waals surface area contributed by atoms with Crippen molar-refractivity contribution >= 4 is 17.3 Å². The van der Waals surface area contributed by atoms with Gasteiger partial charge in [-0.2, -0.15) is 0 Å². The molecule has 4 nitrogen and oxygen atoms in total. The van der Waals surface area contributed by atoms with E-state index in [0.29, 0.717) is 23.2 Å². The number of anilines is 2. The highest BCUT2D eigenvalue weighted by Crippen LogP contribution is 2.24. The molecule has 0 aliphatic rings. The summed E-state index contributed by atoms with van der Waals surface area (Å²) in [6, 6.07) is 5.73. The standard InChI is InChI=1S/C16H27N3O/c1-6-12(7-2)11(3)18-15-10-13(8-9-14(15)17)16(20)19(4)5/h8-12,18H,6-7,17H2,1-5H3. The maximum absolute atomic E-state index is 12.0. The maximum atomic E-state index is 12.0. The molecule has 1 amide bonds. The molecule has 1 atom stereocenters. The number of nitrogens with two attached hydrogens (primary N) is 1. The molecular weight excluding hydrogens is 250 g/mol. The van der Waals surface area contributed by atoms with Gasteiger partial charge in [0.2, 0.25) is 0 Å². The van der Waals surface area contributed by atoms with Crippen molar-refractivity contribution < 1.29 is 4.79 Å². The number of hydrogen-bond donors (Lipinski definition) is 2. The first-order valence-corrected chi connectivity index (χ1v) is 7.28. The van der Waals surface area contributed by atoms with Crippen molar-refractivity contribution in [3.05, 3.63) is 23.8 Å². The van der Waals surface area contributed by atoms with Crippen LogP contribution in [-0.4, -0.2) is 30.9 Å². The van der Waals surface area contributed by atoms with Crippen LogP contribution in [0, 0.1) is 5.92 Å². The third kappa shape index (κ3) is 3.89.